The third-order valence-corrected chi connectivity index (χ3v) is 4.55. The van der Waals surface area contributed by atoms with Crippen molar-refractivity contribution < 1.29 is 4.74 Å². The Kier molecular flexibility index (Phi) is 6.02. The molecule has 1 aromatic heterocycles. The Labute approximate surface area is 139 Å². The number of nitriles is 2. The predicted octanol–water partition coefficient (Wildman–Crippen LogP) is 3.03. The van der Waals surface area contributed by atoms with Crippen LogP contribution in [0.2, 0.25) is 0 Å². The number of methoxy groups -OCH3 is 1. The van der Waals surface area contributed by atoms with Crippen molar-refractivity contribution in [3.63, 3.8) is 0 Å². The first kappa shape index (κ1) is 16.9. The molecule has 0 fully saturated rings. The molecule has 0 aliphatic rings. The second kappa shape index (κ2) is 8.21. The highest BCUT2D eigenvalue weighted by Crippen LogP contribution is 2.26. The van der Waals surface area contributed by atoms with E-state index in [4.69, 9.17) is 15.3 Å². The molecule has 2 aromatic rings. The van der Waals surface area contributed by atoms with Crippen molar-refractivity contribution in [3.8, 4) is 29.3 Å². The van der Waals surface area contributed by atoms with E-state index in [1.54, 1.807) is 7.11 Å². The Hall–Kier alpha value is -2.51. The van der Waals surface area contributed by atoms with Gasteiger partial charge in [-0.2, -0.15) is 10.5 Å². The minimum Gasteiger partial charge on any atom is -0.497 e. The van der Waals surface area contributed by atoms with Gasteiger partial charge in [0.05, 0.1) is 25.2 Å². The van der Waals surface area contributed by atoms with Gasteiger partial charge < -0.3 is 9.30 Å². The van der Waals surface area contributed by atoms with Crippen molar-refractivity contribution in [1.82, 2.24) is 14.8 Å². The van der Waals surface area contributed by atoms with Crippen LogP contribution in [-0.4, -0.2) is 27.6 Å². The lowest BCUT2D eigenvalue weighted by Crippen LogP contribution is -2.02. The van der Waals surface area contributed by atoms with E-state index in [1.807, 2.05) is 35.9 Å². The summed E-state index contributed by atoms with van der Waals surface area (Å²) in [7, 11) is 3.52. The minimum absolute atomic E-state index is 0.156. The largest absolute Gasteiger partial charge is 0.497 e. The second-order valence-corrected chi connectivity index (χ2v) is 5.92. The Morgan fingerprint density at radius 2 is 2.17 bits per heavy atom. The number of nitrogens with zero attached hydrogens (tertiary/aromatic N) is 5. The fourth-order valence-corrected chi connectivity index (χ4v) is 3.02. The van der Waals surface area contributed by atoms with Gasteiger partial charge in [-0.05, 0) is 18.6 Å². The molecular formula is C16H17N5OS. The summed E-state index contributed by atoms with van der Waals surface area (Å²) < 4.78 is 7.13. The van der Waals surface area contributed by atoms with Crippen LogP contribution in [0.15, 0.2) is 29.4 Å². The molecule has 0 N–H and O–H groups in total. The van der Waals surface area contributed by atoms with Crippen molar-refractivity contribution in [2.24, 2.45) is 13.0 Å². The van der Waals surface area contributed by atoms with Gasteiger partial charge in [-0.3, -0.25) is 0 Å². The smallest absolute Gasteiger partial charge is 0.191 e. The van der Waals surface area contributed by atoms with Crippen LogP contribution in [0.5, 0.6) is 5.75 Å². The zero-order chi connectivity index (χ0) is 16.7. The fraction of sp³-hybridized carbons (Fsp3) is 0.375. The van der Waals surface area contributed by atoms with Gasteiger partial charge in [0.15, 0.2) is 11.0 Å². The maximum atomic E-state index is 9.11. The van der Waals surface area contributed by atoms with Crippen LogP contribution < -0.4 is 4.74 Å². The third-order valence-electron chi connectivity index (χ3n) is 3.36. The van der Waals surface area contributed by atoms with E-state index in [-0.39, 0.29) is 5.92 Å². The van der Waals surface area contributed by atoms with Gasteiger partial charge >= 0.3 is 0 Å². The van der Waals surface area contributed by atoms with Crippen molar-refractivity contribution in [1.29, 1.82) is 10.5 Å². The predicted molar refractivity (Wildman–Crippen MR) is 87.7 cm³/mol. The highest BCUT2D eigenvalue weighted by atomic mass is 32.2. The molecule has 118 valence electrons. The summed E-state index contributed by atoms with van der Waals surface area (Å²) in [6.07, 6.45) is 0.979. The normalized spacial score (nSPS) is 11.5. The van der Waals surface area contributed by atoms with E-state index >= 15 is 0 Å². The van der Waals surface area contributed by atoms with Gasteiger partial charge in [0.1, 0.15) is 5.75 Å². The Bertz CT molecular complexity index is 744. The molecule has 0 bridgehead atoms. The van der Waals surface area contributed by atoms with Crippen LogP contribution in [0.4, 0.5) is 0 Å². The van der Waals surface area contributed by atoms with E-state index in [1.165, 1.54) is 11.8 Å². The molecule has 7 heteroatoms. The molecule has 0 aliphatic heterocycles. The van der Waals surface area contributed by atoms with Crippen molar-refractivity contribution >= 4 is 11.8 Å². The molecule has 1 atom stereocenters. The average molecular weight is 327 g/mol. The summed E-state index contributed by atoms with van der Waals surface area (Å²) in [6.45, 7) is 0. The van der Waals surface area contributed by atoms with Crippen LogP contribution in [0, 0.1) is 28.6 Å². The summed E-state index contributed by atoms with van der Waals surface area (Å²) in [5.74, 6) is 1.96. The number of benzene rings is 1. The SMILES string of the molecule is COc1cccc(-c2nnc(SC[C@H](C#N)CCC#N)n2C)c1. The van der Waals surface area contributed by atoms with E-state index < -0.39 is 0 Å². The standard InChI is InChI=1S/C16H17N5OS/c1-21-15(13-6-3-7-14(9-13)22-2)19-20-16(21)23-11-12(10-18)5-4-8-17/h3,6-7,9,12H,4-5,11H2,1-2H3/t12-/m0/s1. The quantitative estimate of drug-likeness (QED) is 0.726. The average Bonchev–Trinajstić information content (AvgIpc) is 2.96. The van der Waals surface area contributed by atoms with Gasteiger partial charge in [-0.25, -0.2) is 0 Å². The zero-order valence-corrected chi connectivity index (χ0v) is 13.9. The Balaban J connectivity index is 2.10. The molecule has 2 rings (SSSR count). The van der Waals surface area contributed by atoms with Crippen LogP contribution in [0.1, 0.15) is 12.8 Å². The van der Waals surface area contributed by atoms with Crippen molar-refractivity contribution in [2.45, 2.75) is 18.0 Å². The second-order valence-electron chi connectivity index (χ2n) is 4.93. The summed E-state index contributed by atoms with van der Waals surface area (Å²) >= 11 is 1.48. The number of hydrogen-bond donors (Lipinski definition) is 0. The summed E-state index contributed by atoms with van der Waals surface area (Å²) in [4.78, 5) is 0. The molecule has 0 spiro atoms. The molecule has 0 radical (unpaired) electrons. The summed E-state index contributed by atoms with van der Waals surface area (Å²) in [5.41, 5.74) is 0.924. The molecule has 0 saturated heterocycles. The number of aromatic nitrogens is 3. The van der Waals surface area contributed by atoms with Crippen molar-refractivity contribution in [2.75, 3.05) is 12.9 Å². The van der Waals surface area contributed by atoms with E-state index in [2.05, 4.69) is 22.3 Å². The van der Waals surface area contributed by atoms with E-state index in [9.17, 15) is 0 Å². The number of rotatable bonds is 7. The first-order valence-electron chi connectivity index (χ1n) is 7.12. The van der Waals surface area contributed by atoms with Crippen LogP contribution in [0.3, 0.4) is 0 Å². The van der Waals surface area contributed by atoms with Gasteiger partial charge in [0.2, 0.25) is 0 Å². The Morgan fingerprint density at radius 1 is 1.35 bits per heavy atom. The first-order valence-corrected chi connectivity index (χ1v) is 8.11. The molecule has 6 nitrogen and oxygen atoms in total. The maximum absolute atomic E-state index is 9.11. The molecule has 0 amide bonds. The lowest BCUT2D eigenvalue weighted by Gasteiger charge is -2.07. The summed E-state index contributed by atoms with van der Waals surface area (Å²) in [5, 5.41) is 26.9. The van der Waals surface area contributed by atoms with E-state index in [0.29, 0.717) is 18.6 Å². The maximum Gasteiger partial charge on any atom is 0.191 e. The number of thioether (sulfide) groups is 1. The monoisotopic (exact) mass is 327 g/mol. The molecule has 0 unspecified atom stereocenters. The molecule has 0 saturated carbocycles. The molecule has 0 aliphatic carbocycles. The molecule has 1 heterocycles. The molecule has 1 aromatic carbocycles. The van der Waals surface area contributed by atoms with Gasteiger partial charge in [0.25, 0.3) is 0 Å². The zero-order valence-electron chi connectivity index (χ0n) is 13.1. The highest BCUT2D eigenvalue weighted by molar-refractivity contribution is 7.99. The topological polar surface area (TPSA) is 87.5 Å². The Morgan fingerprint density at radius 3 is 2.87 bits per heavy atom. The van der Waals surface area contributed by atoms with Gasteiger partial charge in [-0.1, -0.05) is 23.9 Å². The van der Waals surface area contributed by atoms with Gasteiger partial charge in [0, 0.05) is 24.8 Å². The van der Waals surface area contributed by atoms with Crippen LogP contribution in [0.25, 0.3) is 11.4 Å². The van der Waals surface area contributed by atoms with Crippen LogP contribution in [-0.2, 0) is 7.05 Å². The summed E-state index contributed by atoms with van der Waals surface area (Å²) in [6, 6.07) is 11.9. The first-order chi connectivity index (χ1) is 11.2. The number of ether oxygens (including phenoxy) is 1. The number of hydrogen-bond acceptors (Lipinski definition) is 6. The fourth-order valence-electron chi connectivity index (χ4n) is 2.05. The van der Waals surface area contributed by atoms with E-state index in [0.717, 1.165) is 22.3 Å². The lowest BCUT2D eigenvalue weighted by molar-refractivity contribution is 0.415. The highest BCUT2D eigenvalue weighted by Gasteiger charge is 2.14. The van der Waals surface area contributed by atoms with Gasteiger partial charge in [-0.15, -0.1) is 10.2 Å². The molecule has 23 heavy (non-hydrogen) atoms. The third kappa shape index (κ3) is 4.24. The van der Waals surface area contributed by atoms with Crippen molar-refractivity contribution in [3.05, 3.63) is 24.3 Å². The molecular weight excluding hydrogens is 310 g/mol. The minimum atomic E-state index is -0.156. The lowest BCUT2D eigenvalue weighted by atomic mass is 10.1. The van der Waals surface area contributed by atoms with Crippen LogP contribution >= 0.6 is 11.8 Å².